The first-order valence-corrected chi connectivity index (χ1v) is 9.44. The number of amides is 1. The molecule has 0 unspecified atom stereocenters. The summed E-state index contributed by atoms with van der Waals surface area (Å²) in [4.78, 5) is 15.0. The number of thiocarbonyl (C=S) groups is 1. The van der Waals surface area contributed by atoms with E-state index >= 15 is 0 Å². The zero-order chi connectivity index (χ0) is 18.5. The quantitative estimate of drug-likeness (QED) is 0.402. The maximum atomic E-state index is 12.7. The van der Waals surface area contributed by atoms with E-state index < -0.39 is 0 Å². The molecule has 1 aliphatic rings. The fraction of sp³-hybridized carbons (Fsp3) is 0.143. The fourth-order valence-corrected chi connectivity index (χ4v) is 3.73. The summed E-state index contributed by atoms with van der Waals surface area (Å²) in [6.07, 6.45) is 3.57. The van der Waals surface area contributed by atoms with E-state index in [1.165, 1.54) is 17.3 Å². The Morgan fingerprint density at radius 1 is 1.15 bits per heavy atom. The van der Waals surface area contributed by atoms with Crippen LogP contribution in [-0.2, 0) is 11.3 Å². The van der Waals surface area contributed by atoms with Gasteiger partial charge in [-0.3, -0.25) is 9.69 Å². The van der Waals surface area contributed by atoms with Crippen LogP contribution in [0.1, 0.15) is 16.7 Å². The third-order valence-electron chi connectivity index (χ3n) is 3.88. The summed E-state index contributed by atoms with van der Waals surface area (Å²) in [6.45, 7) is 6.63. The molecule has 1 heterocycles. The number of carbonyl (C=O) groups is 1. The van der Waals surface area contributed by atoms with Crippen LogP contribution in [0.3, 0.4) is 0 Å². The molecule has 3 rings (SSSR count). The molecule has 0 atom stereocenters. The van der Waals surface area contributed by atoms with Crippen LogP contribution in [0.15, 0.2) is 66.1 Å². The van der Waals surface area contributed by atoms with Crippen LogP contribution in [0.4, 0.5) is 0 Å². The second kappa shape index (κ2) is 8.34. The summed E-state index contributed by atoms with van der Waals surface area (Å²) in [6, 6.07) is 15.7. The molecule has 2 aromatic rings. The molecular weight excluding hydrogens is 362 g/mol. The number of hydrogen-bond donors (Lipinski definition) is 0. The van der Waals surface area contributed by atoms with Crippen molar-refractivity contribution in [2.75, 3.05) is 6.61 Å². The lowest BCUT2D eigenvalue weighted by atomic mass is 10.1. The topological polar surface area (TPSA) is 29.5 Å². The number of rotatable bonds is 6. The number of aryl methyl sites for hydroxylation is 1. The predicted octanol–water partition coefficient (Wildman–Crippen LogP) is 4.96. The Kier molecular flexibility index (Phi) is 5.91. The van der Waals surface area contributed by atoms with Crippen LogP contribution in [0, 0.1) is 6.92 Å². The molecule has 0 aromatic heterocycles. The molecule has 0 bridgehead atoms. The summed E-state index contributed by atoms with van der Waals surface area (Å²) in [5.74, 6) is 0.724. The fourth-order valence-electron chi connectivity index (χ4n) is 2.48. The Balaban J connectivity index is 1.72. The van der Waals surface area contributed by atoms with Crippen LogP contribution in [0.5, 0.6) is 5.75 Å². The van der Waals surface area contributed by atoms with Crippen molar-refractivity contribution < 1.29 is 9.53 Å². The summed E-state index contributed by atoms with van der Waals surface area (Å²) in [5, 5.41) is 0. The van der Waals surface area contributed by atoms with E-state index in [-0.39, 0.29) is 5.91 Å². The molecule has 0 aliphatic carbocycles. The lowest BCUT2D eigenvalue weighted by Gasteiger charge is -2.14. The SMILES string of the molecule is C=CCOc1ccc(C=C2SC(=S)N(Cc3ccc(C)cc3)C2=O)cc1. The van der Waals surface area contributed by atoms with E-state index in [4.69, 9.17) is 17.0 Å². The van der Waals surface area contributed by atoms with E-state index in [0.29, 0.717) is 22.4 Å². The molecule has 2 aromatic carbocycles. The van der Waals surface area contributed by atoms with Crippen molar-refractivity contribution in [3.05, 3.63) is 82.8 Å². The first kappa shape index (κ1) is 18.4. The van der Waals surface area contributed by atoms with Crippen LogP contribution < -0.4 is 4.74 Å². The number of thioether (sulfide) groups is 1. The third-order valence-corrected chi connectivity index (χ3v) is 5.26. The molecule has 1 saturated heterocycles. The molecule has 0 saturated carbocycles. The van der Waals surface area contributed by atoms with Crippen molar-refractivity contribution in [2.24, 2.45) is 0 Å². The Morgan fingerprint density at radius 3 is 2.50 bits per heavy atom. The molecule has 1 amide bonds. The normalized spacial score (nSPS) is 15.6. The molecular formula is C21H19NO2S2. The molecule has 26 heavy (non-hydrogen) atoms. The molecule has 3 nitrogen and oxygen atoms in total. The standard InChI is InChI=1S/C21H19NO2S2/c1-3-12-24-18-10-8-16(9-11-18)13-19-20(23)22(21(25)26-19)14-17-6-4-15(2)5-7-17/h3-11,13H,1,12,14H2,2H3. The first-order chi connectivity index (χ1) is 12.6. The number of ether oxygens (including phenoxy) is 1. The van der Waals surface area contributed by atoms with Crippen LogP contribution in [0.2, 0.25) is 0 Å². The van der Waals surface area contributed by atoms with Gasteiger partial charge < -0.3 is 4.74 Å². The zero-order valence-corrected chi connectivity index (χ0v) is 16.1. The van der Waals surface area contributed by atoms with Crippen molar-refractivity contribution in [3.63, 3.8) is 0 Å². The van der Waals surface area contributed by atoms with E-state index in [1.807, 2.05) is 61.5 Å². The first-order valence-electron chi connectivity index (χ1n) is 8.21. The Morgan fingerprint density at radius 2 is 1.85 bits per heavy atom. The van der Waals surface area contributed by atoms with Crippen molar-refractivity contribution in [1.82, 2.24) is 4.90 Å². The maximum absolute atomic E-state index is 12.7. The maximum Gasteiger partial charge on any atom is 0.266 e. The Bertz CT molecular complexity index is 855. The van der Waals surface area contributed by atoms with Gasteiger partial charge in [-0.05, 0) is 36.3 Å². The number of benzene rings is 2. The number of carbonyl (C=O) groups excluding carboxylic acids is 1. The van der Waals surface area contributed by atoms with Gasteiger partial charge in [0.1, 0.15) is 16.7 Å². The monoisotopic (exact) mass is 381 g/mol. The van der Waals surface area contributed by atoms with Crippen molar-refractivity contribution in [2.45, 2.75) is 13.5 Å². The van der Waals surface area contributed by atoms with Crippen LogP contribution >= 0.6 is 24.0 Å². The molecule has 1 aliphatic heterocycles. The lowest BCUT2D eigenvalue weighted by Crippen LogP contribution is -2.27. The average molecular weight is 382 g/mol. The minimum Gasteiger partial charge on any atom is -0.490 e. The highest BCUT2D eigenvalue weighted by Crippen LogP contribution is 2.33. The molecule has 5 heteroatoms. The van der Waals surface area contributed by atoms with Crippen molar-refractivity contribution >= 4 is 40.3 Å². The highest BCUT2D eigenvalue weighted by Gasteiger charge is 2.31. The second-order valence-corrected chi connectivity index (χ2v) is 7.60. The minimum absolute atomic E-state index is 0.0486. The molecule has 132 valence electrons. The van der Waals surface area contributed by atoms with E-state index in [1.54, 1.807) is 11.0 Å². The van der Waals surface area contributed by atoms with E-state index in [0.717, 1.165) is 16.9 Å². The Hall–Kier alpha value is -2.37. The van der Waals surface area contributed by atoms with Gasteiger partial charge in [-0.15, -0.1) is 0 Å². The molecule has 0 N–H and O–H groups in total. The van der Waals surface area contributed by atoms with Crippen LogP contribution in [-0.4, -0.2) is 21.7 Å². The van der Waals surface area contributed by atoms with Gasteiger partial charge in [0.15, 0.2) is 0 Å². The number of nitrogens with zero attached hydrogens (tertiary/aromatic N) is 1. The van der Waals surface area contributed by atoms with Crippen molar-refractivity contribution in [3.8, 4) is 5.75 Å². The van der Waals surface area contributed by atoms with Gasteiger partial charge in [0.2, 0.25) is 0 Å². The Labute approximate surface area is 163 Å². The average Bonchev–Trinajstić information content (AvgIpc) is 2.90. The van der Waals surface area contributed by atoms with E-state index in [2.05, 4.69) is 6.58 Å². The van der Waals surface area contributed by atoms with Gasteiger partial charge in [0.25, 0.3) is 5.91 Å². The largest absolute Gasteiger partial charge is 0.490 e. The second-order valence-electron chi connectivity index (χ2n) is 5.92. The third kappa shape index (κ3) is 4.42. The molecule has 0 spiro atoms. The van der Waals surface area contributed by atoms with Gasteiger partial charge in [0, 0.05) is 0 Å². The smallest absolute Gasteiger partial charge is 0.266 e. The van der Waals surface area contributed by atoms with Gasteiger partial charge in [-0.2, -0.15) is 0 Å². The summed E-state index contributed by atoms with van der Waals surface area (Å²) in [5.41, 5.74) is 3.20. The summed E-state index contributed by atoms with van der Waals surface area (Å²) >= 11 is 6.74. The van der Waals surface area contributed by atoms with Gasteiger partial charge in [0.05, 0.1) is 11.4 Å². The van der Waals surface area contributed by atoms with Gasteiger partial charge in [-0.25, -0.2) is 0 Å². The zero-order valence-electron chi connectivity index (χ0n) is 14.5. The lowest BCUT2D eigenvalue weighted by molar-refractivity contribution is -0.122. The van der Waals surface area contributed by atoms with Crippen LogP contribution in [0.25, 0.3) is 6.08 Å². The molecule has 0 radical (unpaired) electrons. The highest BCUT2D eigenvalue weighted by molar-refractivity contribution is 8.26. The molecule has 1 fully saturated rings. The summed E-state index contributed by atoms with van der Waals surface area (Å²) in [7, 11) is 0. The highest BCUT2D eigenvalue weighted by atomic mass is 32.2. The minimum atomic E-state index is -0.0486. The number of hydrogen-bond acceptors (Lipinski definition) is 4. The summed E-state index contributed by atoms with van der Waals surface area (Å²) < 4.78 is 6.06. The predicted molar refractivity (Wildman–Crippen MR) is 112 cm³/mol. The van der Waals surface area contributed by atoms with Crippen molar-refractivity contribution in [1.29, 1.82) is 0 Å². The van der Waals surface area contributed by atoms with Gasteiger partial charge in [-0.1, -0.05) is 78.6 Å². The van der Waals surface area contributed by atoms with Gasteiger partial charge >= 0.3 is 0 Å². The van der Waals surface area contributed by atoms with E-state index in [9.17, 15) is 4.79 Å².